The number of hydrogen-bond donors (Lipinski definition) is 2. The molecule has 0 spiro atoms. The van der Waals surface area contributed by atoms with Gasteiger partial charge in [-0.2, -0.15) is 0 Å². The van der Waals surface area contributed by atoms with Crippen LogP contribution in [0.4, 0.5) is 0 Å². The number of nitrogens with one attached hydrogen (secondary N) is 1. The number of aliphatic hydroxyl groups excluding tert-OH is 1. The lowest BCUT2D eigenvalue weighted by atomic mass is 9.84. The maximum atomic E-state index is 9.68. The average molecular weight is 247 g/mol. The third kappa shape index (κ3) is 2.93. The van der Waals surface area contributed by atoms with Crippen LogP contribution in [0.1, 0.15) is 51.7 Å². The second-order valence-electron chi connectivity index (χ2n) is 6.74. The predicted octanol–water partition coefficient (Wildman–Crippen LogP) is 2.94. The summed E-state index contributed by atoms with van der Waals surface area (Å²) < 4.78 is 0. The molecule has 2 N–H and O–H groups in total. The smallest absolute Gasteiger partial charge is 0.0652 e. The monoisotopic (exact) mass is 247 g/mol. The van der Waals surface area contributed by atoms with Gasteiger partial charge in [0.15, 0.2) is 0 Å². The van der Waals surface area contributed by atoms with Crippen LogP contribution in [0, 0.1) is 0 Å². The quantitative estimate of drug-likeness (QED) is 0.857. The Kier molecular flexibility index (Phi) is 3.52. The van der Waals surface area contributed by atoms with Crippen molar-refractivity contribution in [1.29, 1.82) is 0 Å². The highest BCUT2D eigenvalue weighted by molar-refractivity contribution is 5.32. The fraction of sp³-hybridized carbons (Fsp3) is 0.625. The van der Waals surface area contributed by atoms with Gasteiger partial charge in [-0.1, -0.05) is 45.0 Å². The van der Waals surface area contributed by atoms with Crippen molar-refractivity contribution >= 4 is 0 Å². The molecule has 1 aliphatic carbocycles. The van der Waals surface area contributed by atoms with Crippen LogP contribution in [0.3, 0.4) is 0 Å². The molecule has 0 bridgehead atoms. The summed E-state index contributed by atoms with van der Waals surface area (Å²) >= 11 is 0. The van der Waals surface area contributed by atoms with Crippen LogP contribution in [-0.4, -0.2) is 17.8 Å². The van der Waals surface area contributed by atoms with Crippen LogP contribution in [0.5, 0.6) is 0 Å². The van der Waals surface area contributed by atoms with E-state index in [-0.39, 0.29) is 17.6 Å². The van der Waals surface area contributed by atoms with Crippen LogP contribution in [-0.2, 0) is 11.0 Å². The molecule has 1 saturated carbocycles. The van der Waals surface area contributed by atoms with E-state index in [4.69, 9.17) is 0 Å². The van der Waals surface area contributed by atoms with Crippen molar-refractivity contribution in [1.82, 2.24) is 5.32 Å². The topological polar surface area (TPSA) is 32.3 Å². The van der Waals surface area contributed by atoms with Crippen LogP contribution >= 0.6 is 0 Å². The Morgan fingerprint density at radius 3 is 1.94 bits per heavy atom. The van der Waals surface area contributed by atoms with Gasteiger partial charge in [-0.15, -0.1) is 0 Å². The summed E-state index contributed by atoms with van der Waals surface area (Å²) in [6.07, 6.45) is 2.46. The van der Waals surface area contributed by atoms with Crippen LogP contribution in [0.15, 0.2) is 24.3 Å². The maximum Gasteiger partial charge on any atom is 0.0652 e. The molecule has 2 heteroatoms. The molecule has 1 unspecified atom stereocenters. The first-order chi connectivity index (χ1) is 8.35. The molecule has 100 valence electrons. The molecule has 0 aromatic heterocycles. The molecule has 1 atom stereocenters. The Labute approximate surface area is 110 Å². The van der Waals surface area contributed by atoms with Gasteiger partial charge in [0.25, 0.3) is 0 Å². The van der Waals surface area contributed by atoms with Crippen molar-refractivity contribution in [3.8, 4) is 0 Å². The van der Waals surface area contributed by atoms with Gasteiger partial charge >= 0.3 is 0 Å². The van der Waals surface area contributed by atoms with Gasteiger partial charge in [0.2, 0.25) is 0 Å². The second kappa shape index (κ2) is 4.67. The zero-order valence-electron chi connectivity index (χ0n) is 12.0. The van der Waals surface area contributed by atoms with Crippen molar-refractivity contribution in [2.75, 3.05) is 6.61 Å². The first-order valence-electron chi connectivity index (χ1n) is 6.85. The molecule has 1 aromatic carbocycles. The maximum absolute atomic E-state index is 9.68. The van der Waals surface area contributed by atoms with Gasteiger partial charge in [-0.3, -0.25) is 0 Å². The minimum atomic E-state index is -0.308. The van der Waals surface area contributed by atoms with Crippen molar-refractivity contribution in [3.05, 3.63) is 35.4 Å². The van der Waals surface area contributed by atoms with E-state index < -0.39 is 0 Å². The minimum Gasteiger partial charge on any atom is -0.394 e. The van der Waals surface area contributed by atoms with Crippen molar-refractivity contribution < 1.29 is 5.11 Å². The number of rotatable bonds is 4. The van der Waals surface area contributed by atoms with E-state index in [1.165, 1.54) is 24.0 Å². The van der Waals surface area contributed by atoms with E-state index in [2.05, 4.69) is 57.3 Å². The highest BCUT2D eigenvalue weighted by Gasteiger charge is 2.33. The first-order valence-corrected chi connectivity index (χ1v) is 6.85. The molecule has 1 fully saturated rings. The molecule has 0 saturated heterocycles. The van der Waals surface area contributed by atoms with E-state index in [9.17, 15) is 5.11 Å². The lowest BCUT2D eigenvalue weighted by Gasteiger charge is -2.30. The number of benzene rings is 1. The van der Waals surface area contributed by atoms with Gasteiger partial charge in [0, 0.05) is 6.04 Å². The van der Waals surface area contributed by atoms with E-state index in [1.54, 1.807) is 0 Å². The second-order valence-corrected chi connectivity index (χ2v) is 6.74. The summed E-state index contributed by atoms with van der Waals surface area (Å²) in [4.78, 5) is 0. The zero-order valence-corrected chi connectivity index (χ0v) is 12.0. The largest absolute Gasteiger partial charge is 0.394 e. The van der Waals surface area contributed by atoms with Crippen LogP contribution < -0.4 is 5.32 Å². The van der Waals surface area contributed by atoms with E-state index in [1.807, 2.05) is 0 Å². The van der Waals surface area contributed by atoms with Crippen molar-refractivity contribution in [2.24, 2.45) is 0 Å². The number of aliphatic hydroxyl groups is 1. The third-order valence-electron chi connectivity index (χ3n) is 3.80. The van der Waals surface area contributed by atoms with Gasteiger partial charge < -0.3 is 10.4 Å². The van der Waals surface area contributed by atoms with Gasteiger partial charge in [0.05, 0.1) is 12.1 Å². The SMILES string of the molecule is CC(C)(C)c1ccc(C(C)(CO)NC2CC2)cc1. The molecule has 0 amide bonds. The fourth-order valence-electron chi connectivity index (χ4n) is 2.24. The van der Waals surface area contributed by atoms with E-state index in [0.29, 0.717) is 6.04 Å². The van der Waals surface area contributed by atoms with E-state index in [0.717, 1.165) is 0 Å². The van der Waals surface area contributed by atoms with Crippen LogP contribution in [0.2, 0.25) is 0 Å². The Morgan fingerprint density at radius 2 is 1.56 bits per heavy atom. The summed E-state index contributed by atoms with van der Waals surface area (Å²) in [6.45, 7) is 8.87. The molecular formula is C16H25NO. The highest BCUT2D eigenvalue weighted by Crippen LogP contribution is 2.30. The summed E-state index contributed by atoms with van der Waals surface area (Å²) in [6, 6.07) is 9.23. The first kappa shape index (κ1) is 13.6. The highest BCUT2D eigenvalue weighted by atomic mass is 16.3. The molecule has 18 heavy (non-hydrogen) atoms. The third-order valence-corrected chi connectivity index (χ3v) is 3.80. The van der Waals surface area contributed by atoms with Crippen molar-refractivity contribution in [3.63, 3.8) is 0 Å². The molecule has 0 aliphatic heterocycles. The lowest BCUT2D eigenvalue weighted by Crippen LogP contribution is -2.44. The van der Waals surface area contributed by atoms with Gasteiger partial charge in [0.1, 0.15) is 0 Å². The number of hydrogen-bond acceptors (Lipinski definition) is 2. The minimum absolute atomic E-state index is 0.137. The average Bonchev–Trinajstić information content (AvgIpc) is 3.12. The normalized spacial score (nSPS) is 19.6. The summed E-state index contributed by atoms with van der Waals surface area (Å²) in [7, 11) is 0. The van der Waals surface area contributed by atoms with Crippen LogP contribution in [0.25, 0.3) is 0 Å². The summed E-state index contributed by atoms with van der Waals surface area (Å²) in [5.74, 6) is 0. The molecular weight excluding hydrogens is 222 g/mol. The predicted molar refractivity (Wildman–Crippen MR) is 75.7 cm³/mol. The molecule has 2 rings (SSSR count). The fourth-order valence-corrected chi connectivity index (χ4v) is 2.24. The van der Waals surface area contributed by atoms with E-state index >= 15 is 0 Å². The van der Waals surface area contributed by atoms with Gasteiger partial charge in [-0.25, -0.2) is 0 Å². The Morgan fingerprint density at radius 1 is 1.06 bits per heavy atom. The molecule has 1 aromatic rings. The Balaban J connectivity index is 2.21. The summed E-state index contributed by atoms with van der Waals surface area (Å²) in [5.41, 5.74) is 2.37. The standard InChI is InChI=1S/C16H25NO/c1-15(2,3)12-5-7-13(8-6-12)16(4,11-18)17-14-9-10-14/h5-8,14,17-18H,9-11H2,1-4H3. The Bertz CT molecular complexity index is 400. The molecule has 1 aliphatic rings. The molecule has 0 heterocycles. The summed E-state index contributed by atoms with van der Waals surface area (Å²) in [5, 5.41) is 13.2. The zero-order chi connectivity index (χ0) is 13.4. The van der Waals surface area contributed by atoms with Gasteiger partial charge in [-0.05, 0) is 36.3 Å². The van der Waals surface area contributed by atoms with Crippen molar-refractivity contribution in [2.45, 2.75) is 57.5 Å². The Hall–Kier alpha value is -0.860. The molecule has 2 nitrogen and oxygen atoms in total. The molecule has 0 radical (unpaired) electrons. The lowest BCUT2D eigenvalue weighted by molar-refractivity contribution is 0.173.